The van der Waals surface area contributed by atoms with Gasteiger partial charge in [0, 0.05) is 24.5 Å². The van der Waals surface area contributed by atoms with Gasteiger partial charge in [0.2, 0.25) is 0 Å². The lowest BCUT2D eigenvalue weighted by molar-refractivity contribution is -0.0793. The number of nitrogens with two attached hydrogens (primary N) is 1. The van der Waals surface area contributed by atoms with Crippen molar-refractivity contribution in [3.05, 3.63) is 0 Å². The van der Waals surface area contributed by atoms with Gasteiger partial charge >= 0.3 is 0 Å². The van der Waals surface area contributed by atoms with Gasteiger partial charge in [0.05, 0.1) is 11.2 Å². The summed E-state index contributed by atoms with van der Waals surface area (Å²) in [4.78, 5) is 2.56. The first-order chi connectivity index (χ1) is 9.15. The number of ether oxygens (including phenoxy) is 1. The van der Waals surface area contributed by atoms with Gasteiger partial charge in [-0.15, -0.1) is 0 Å². The molecule has 0 bridgehead atoms. The molecule has 2 rings (SSSR count). The summed E-state index contributed by atoms with van der Waals surface area (Å²) in [5.41, 5.74) is 6.15. The van der Waals surface area contributed by atoms with Gasteiger partial charge in [-0.05, 0) is 53.5 Å². The van der Waals surface area contributed by atoms with Gasteiger partial charge in [-0.2, -0.15) is 0 Å². The molecule has 1 saturated heterocycles. The highest BCUT2D eigenvalue weighted by molar-refractivity contribution is 5.05. The second-order valence-electron chi connectivity index (χ2n) is 8.21. The molecular weight excluding hydrogens is 248 g/mol. The third-order valence-corrected chi connectivity index (χ3v) is 5.77. The molecule has 1 saturated carbocycles. The van der Waals surface area contributed by atoms with Gasteiger partial charge in [0.1, 0.15) is 0 Å². The summed E-state index contributed by atoms with van der Waals surface area (Å²) in [5, 5.41) is 0. The molecule has 1 aliphatic heterocycles. The topological polar surface area (TPSA) is 38.5 Å². The van der Waals surface area contributed by atoms with E-state index < -0.39 is 0 Å². The van der Waals surface area contributed by atoms with Gasteiger partial charge < -0.3 is 15.4 Å². The van der Waals surface area contributed by atoms with E-state index in [0.29, 0.717) is 5.92 Å². The summed E-state index contributed by atoms with van der Waals surface area (Å²) in [6, 6.07) is 0.828. The molecule has 1 aliphatic carbocycles. The van der Waals surface area contributed by atoms with Crippen LogP contribution < -0.4 is 5.73 Å². The van der Waals surface area contributed by atoms with Crippen molar-refractivity contribution < 1.29 is 4.74 Å². The van der Waals surface area contributed by atoms with Crippen molar-refractivity contribution in [2.24, 2.45) is 17.6 Å². The van der Waals surface area contributed by atoms with E-state index in [1.807, 2.05) is 0 Å². The maximum absolute atomic E-state index is 6.49. The molecule has 0 aromatic carbocycles. The molecule has 3 nitrogen and oxygen atoms in total. The molecule has 4 atom stereocenters. The molecule has 20 heavy (non-hydrogen) atoms. The van der Waals surface area contributed by atoms with Crippen LogP contribution in [-0.2, 0) is 4.74 Å². The molecule has 2 fully saturated rings. The van der Waals surface area contributed by atoms with Crippen molar-refractivity contribution in [1.29, 1.82) is 0 Å². The van der Waals surface area contributed by atoms with Gasteiger partial charge in [-0.3, -0.25) is 0 Å². The molecule has 4 unspecified atom stereocenters. The maximum atomic E-state index is 6.49. The average molecular weight is 282 g/mol. The maximum Gasteiger partial charge on any atom is 0.0788 e. The zero-order valence-electron chi connectivity index (χ0n) is 14.3. The molecule has 0 aromatic rings. The monoisotopic (exact) mass is 282 g/mol. The Morgan fingerprint density at radius 2 is 1.70 bits per heavy atom. The standard InChI is InChI=1S/C17H34N2O/c1-12-9-7-8-10-14(12)19(6)11-13-15(18)17(4,5)20-16(13,2)3/h12-15H,7-11,18H2,1-6H3. The Bertz CT molecular complexity index is 340. The Morgan fingerprint density at radius 1 is 1.10 bits per heavy atom. The summed E-state index contributed by atoms with van der Waals surface area (Å²) in [6.07, 6.45) is 5.49. The van der Waals surface area contributed by atoms with E-state index in [0.717, 1.165) is 18.5 Å². The van der Waals surface area contributed by atoms with E-state index in [4.69, 9.17) is 10.5 Å². The predicted molar refractivity (Wildman–Crippen MR) is 84.8 cm³/mol. The summed E-state index contributed by atoms with van der Waals surface area (Å²) in [7, 11) is 2.28. The van der Waals surface area contributed by atoms with Crippen LogP contribution in [0.3, 0.4) is 0 Å². The fourth-order valence-electron chi connectivity index (χ4n) is 4.47. The number of hydrogen-bond donors (Lipinski definition) is 1. The molecule has 3 heteroatoms. The Morgan fingerprint density at radius 3 is 2.20 bits per heavy atom. The van der Waals surface area contributed by atoms with E-state index in [9.17, 15) is 0 Å². The molecule has 118 valence electrons. The van der Waals surface area contributed by atoms with Crippen molar-refractivity contribution in [3.63, 3.8) is 0 Å². The molecule has 1 heterocycles. The van der Waals surface area contributed by atoms with Crippen LogP contribution in [0.1, 0.15) is 60.3 Å². The van der Waals surface area contributed by atoms with Crippen LogP contribution in [-0.4, -0.2) is 41.8 Å². The van der Waals surface area contributed by atoms with Gasteiger partial charge in [0.25, 0.3) is 0 Å². The zero-order valence-corrected chi connectivity index (χ0v) is 14.3. The number of hydrogen-bond acceptors (Lipinski definition) is 3. The minimum Gasteiger partial charge on any atom is -0.368 e. The van der Waals surface area contributed by atoms with Crippen molar-refractivity contribution in [1.82, 2.24) is 4.90 Å². The highest BCUT2D eigenvalue weighted by atomic mass is 16.5. The quantitative estimate of drug-likeness (QED) is 0.864. The summed E-state index contributed by atoms with van der Waals surface area (Å²) < 4.78 is 6.22. The minimum absolute atomic E-state index is 0.110. The second-order valence-corrected chi connectivity index (χ2v) is 8.21. The van der Waals surface area contributed by atoms with Crippen LogP contribution in [0.15, 0.2) is 0 Å². The smallest absolute Gasteiger partial charge is 0.0788 e. The van der Waals surface area contributed by atoms with E-state index in [2.05, 4.69) is 46.6 Å². The van der Waals surface area contributed by atoms with Gasteiger partial charge in [0.15, 0.2) is 0 Å². The average Bonchev–Trinajstić information content (AvgIpc) is 2.48. The van der Waals surface area contributed by atoms with Crippen LogP contribution in [0, 0.1) is 11.8 Å². The van der Waals surface area contributed by atoms with Crippen LogP contribution in [0.2, 0.25) is 0 Å². The van der Waals surface area contributed by atoms with Crippen LogP contribution in [0.25, 0.3) is 0 Å². The molecule has 2 aliphatic rings. The van der Waals surface area contributed by atoms with E-state index in [-0.39, 0.29) is 17.2 Å². The van der Waals surface area contributed by atoms with Crippen molar-refractivity contribution in [2.75, 3.05) is 13.6 Å². The molecule has 0 aromatic heterocycles. The van der Waals surface area contributed by atoms with Crippen LogP contribution >= 0.6 is 0 Å². The van der Waals surface area contributed by atoms with Crippen molar-refractivity contribution in [2.45, 2.75) is 83.6 Å². The number of nitrogens with zero attached hydrogens (tertiary/aromatic N) is 1. The Hall–Kier alpha value is -0.120. The summed E-state index contributed by atoms with van der Waals surface area (Å²) >= 11 is 0. The first-order valence-electron chi connectivity index (χ1n) is 8.31. The SMILES string of the molecule is CC1CCCCC1N(C)CC1C(N)C(C)(C)OC1(C)C. The van der Waals surface area contributed by atoms with Gasteiger partial charge in [-0.25, -0.2) is 0 Å². The van der Waals surface area contributed by atoms with Crippen molar-refractivity contribution in [3.8, 4) is 0 Å². The van der Waals surface area contributed by atoms with E-state index in [1.165, 1.54) is 25.7 Å². The molecular formula is C17H34N2O. The molecule has 0 amide bonds. The molecule has 0 radical (unpaired) electrons. The van der Waals surface area contributed by atoms with Crippen LogP contribution in [0.4, 0.5) is 0 Å². The first kappa shape index (κ1) is 16.3. The van der Waals surface area contributed by atoms with E-state index >= 15 is 0 Å². The summed E-state index contributed by atoms with van der Waals surface area (Å²) in [5.74, 6) is 1.21. The van der Waals surface area contributed by atoms with Crippen molar-refractivity contribution >= 4 is 0 Å². The Kier molecular flexibility index (Phi) is 4.54. The Labute approximate surface area is 125 Å². The summed E-state index contributed by atoms with van der Waals surface area (Å²) in [6.45, 7) is 12.1. The number of rotatable bonds is 3. The lowest BCUT2D eigenvalue weighted by Gasteiger charge is -2.40. The van der Waals surface area contributed by atoms with Crippen LogP contribution in [0.5, 0.6) is 0 Å². The molecule has 0 spiro atoms. The Balaban J connectivity index is 2.04. The fourth-order valence-corrected chi connectivity index (χ4v) is 4.47. The first-order valence-corrected chi connectivity index (χ1v) is 8.31. The third kappa shape index (κ3) is 3.05. The lowest BCUT2D eigenvalue weighted by Crippen LogP contribution is -2.50. The fraction of sp³-hybridized carbons (Fsp3) is 1.00. The van der Waals surface area contributed by atoms with E-state index in [1.54, 1.807) is 0 Å². The predicted octanol–water partition coefficient (Wildman–Crippen LogP) is 3.03. The normalized spacial score (nSPS) is 40.2. The highest BCUT2D eigenvalue weighted by Gasteiger charge is 2.52. The lowest BCUT2D eigenvalue weighted by atomic mass is 9.80. The minimum atomic E-state index is -0.215. The zero-order chi connectivity index (χ0) is 15.1. The van der Waals surface area contributed by atoms with Gasteiger partial charge in [-0.1, -0.05) is 19.8 Å². The third-order valence-electron chi connectivity index (χ3n) is 5.77. The highest BCUT2D eigenvalue weighted by Crippen LogP contribution is 2.42. The molecule has 2 N–H and O–H groups in total. The largest absolute Gasteiger partial charge is 0.368 e. The second kappa shape index (κ2) is 5.58.